The summed E-state index contributed by atoms with van der Waals surface area (Å²) in [5, 5.41) is 31.4. The van der Waals surface area contributed by atoms with E-state index in [0.29, 0.717) is 0 Å². The molecule has 9 atom stereocenters. The van der Waals surface area contributed by atoms with Gasteiger partial charge in [0, 0.05) is 6.20 Å². The maximum absolute atomic E-state index is 12.9. The maximum atomic E-state index is 12.9. The molecule has 3 aromatic rings. The van der Waals surface area contributed by atoms with Gasteiger partial charge in [0.2, 0.25) is 0 Å². The van der Waals surface area contributed by atoms with Crippen LogP contribution >= 0.6 is 15.6 Å². The van der Waals surface area contributed by atoms with Gasteiger partial charge in [-0.3, -0.25) is 22.7 Å². The number of aromatic nitrogens is 6. The lowest BCUT2D eigenvalue weighted by Gasteiger charge is -2.24. The van der Waals surface area contributed by atoms with Gasteiger partial charge in [0.25, 0.3) is 0 Å². The minimum atomic E-state index is -5.27. The number of nitrogen functional groups attached to an aromatic ring is 2. The standard InChI is InChI=1S/C19H26N8O14P2/c20-9-1-2-26(19(31)25-9)17-12(30)14(40-42(32,33)34)8(39-17)4-37-43(35,36)41-13-7(3-28)38-18(11(13)29)27-6-24-10-15(21)22-5-23-16(10)27/h1-2,5-8,11-14,17-18,28-30H,3-4H2,(H,35,36)(H2,20,25,31)(H2,21,22,23)(H2,32,33,34)/t7-,8-,11-,12-,13-,14-,17-,18-/m1/s1. The molecule has 2 saturated heterocycles. The lowest BCUT2D eigenvalue weighted by Crippen LogP contribution is -2.38. The van der Waals surface area contributed by atoms with Gasteiger partial charge in [-0.2, -0.15) is 4.98 Å². The highest BCUT2D eigenvalue weighted by atomic mass is 31.2. The quantitative estimate of drug-likeness (QED) is 0.0996. The molecule has 2 fully saturated rings. The average molecular weight is 652 g/mol. The highest BCUT2D eigenvalue weighted by Gasteiger charge is 2.51. The molecule has 0 aromatic carbocycles. The van der Waals surface area contributed by atoms with Crippen LogP contribution in [0, 0.1) is 0 Å². The number of aliphatic hydroxyl groups is 3. The Morgan fingerprint density at radius 1 is 0.953 bits per heavy atom. The molecule has 236 valence electrons. The zero-order valence-electron chi connectivity index (χ0n) is 21.5. The number of nitrogens with zero attached hydrogens (tertiary/aromatic N) is 6. The number of anilines is 2. The molecule has 0 aliphatic carbocycles. The molecule has 2 aliphatic heterocycles. The van der Waals surface area contributed by atoms with Crippen LogP contribution in [-0.4, -0.2) is 109 Å². The second-order valence-corrected chi connectivity index (χ2v) is 11.9. The fourth-order valence-electron chi connectivity index (χ4n) is 4.63. The molecule has 3 aromatic heterocycles. The van der Waals surface area contributed by atoms with Gasteiger partial charge < -0.3 is 50.9 Å². The molecule has 22 nitrogen and oxygen atoms in total. The normalized spacial score (nSPS) is 31.0. The number of fused-ring (bicyclic) bond motifs is 1. The summed E-state index contributed by atoms with van der Waals surface area (Å²) in [5.74, 6) is -0.119. The van der Waals surface area contributed by atoms with Gasteiger partial charge in [0.15, 0.2) is 23.9 Å². The van der Waals surface area contributed by atoms with Gasteiger partial charge >= 0.3 is 21.3 Å². The summed E-state index contributed by atoms with van der Waals surface area (Å²) in [4.78, 5) is 56.7. The molecule has 0 saturated carbocycles. The highest BCUT2D eigenvalue weighted by Crippen LogP contribution is 2.50. The fraction of sp³-hybridized carbons (Fsp3) is 0.526. The van der Waals surface area contributed by atoms with Crippen molar-refractivity contribution >= 4 is 38.4 Å². The molecule has 2 aliphatic rings. The number of phosphoric ester groups is 2. The van der Waals surface area contributed by atoms with E-state index in [2.05, 4.69) is 24.5 Å². The summed E-state index contributed by atoms with van der Waals surface area (Å²) in [6, 6.07) is 1.18. The topological polar surface area (TPSA) is 332 Å². The van der Waals surface area contributed by atoms with Crippen molar-refractivity contribution in [2.45, 2.75) is 49.1 Å². The monoisotopic (exact) mass is 652 g/mol. The maximum Gasteiger partial charge on any atom is 0.472 e. The van der Waals surface area contributed by atoms with E-state index in [0.717, 1.165) is 17.1 Å². The number of ether oxygens (including phenoxy) is 2. The molecule has 0 bridgehead atoms. The molecule has 0 radical (unpaired) electrons. The Balaban J connectivity index is 1.31. The van der Waals surface area contributed by atoms with Crippen LogP contribution in [0.3, 0.4) is 0 Å². The number of nitrogens with two attached hydrogens (primary N) is 2. The van der Waals surface area contributed by atoms with Crippen LogP contribution in [-0.2, 0) is 32.2 Å². The summed E-state index contributed by atoms with van der Waals surface area (Å²) in [5.41, 5.74) is 10.6. The zero-order valence-corrected chi connectivity index (χ0v) is 23.3. The van der Waals surface area contributed by atoms with Crippen LogP contribution < -0.4 is 17.2 Å². The molecule has 0 amide bonds. The SMILES string of the molecule is Nc1ccn([C@@H]2O[C@H](COP(=O)(O)O[C@H]3[C@@H](O)[C@H](n4cnc5c(N)ncnc54)O[C@@H]3CO)[C@@H](OP(=O)(O)O)[C@H]2O)c(=O)n1. The van der Waals surface area contributed by atoms with E-state index in [1.807, 2.05) is 0 Å². The Morgan fingerprint density at radius 2 is 1.60 bits per heavy atom. The highest BCUT2D eigenvalue weighted by molar-refractivity contribution is 7.47. The first-order chi connectivity index (χ1) is 20.2. The third kappa shape index (κ3) is 6.47. The van der Waals surface area contributed by atoms with Gasteiger partial charge in [-0.25, -0.2) is 28.9 Å². The van der Waals surface area contributed by atoms with Crippen LogP contribution in [0.15, 0.2) is 29.7 Å². The molecular formula is C19H26N8O14P2. The summed E-state index contributed by atoms with van der Waals surface area (Å²) < 4.78 is 52.2. The zero-order chi connectivity index (χ0) is 31.3. The smallest absolute Gasteiger partial charge is 0.394 e. The molecule has 5 rings (SSSR count). The van der Waals surface area contributed by atoms with E-state index in [1.165, 1.54) is 17.0 Å². The lowest BCUT2D eigenvalue weighted by molar-refractivity contribution is -0.0607. The van der Waals surface area contributed by atoms with Crippen molar-refractivity contribution < 1.29 is 62.2 Å². The first-order valence-corrected chi connectivity index (χ1v) is 15.2. The van der Waals surface area contributed by atoms with E-state index in [4.69, 9.17) is 30.0 Å². The lowest BCUT2D eigenvalue weighted by atomic mass is 10.1. The number of aliphatic hydroxyl groups excluding tert-OH is 3. The van der Waals surface area contributed by atoms with Gasteiger partial charge in [0.1, 0.15) is 54.3 Å². The van der Waals surface area contributed by atoms with E-state index < -0.39 is 83.6 Å². The molecule has 1 unspecified atom stereocenters. The van der Waals surface area contributed by atoms with Crippen molar-refractivity contribution in [2.24, 2.45) is 0 Å². The Bertz CT molecular complexity index is 1630. The third-order valence-electron chi connectivity index (χ3n) is 6.50. The van der Waals surface area contributed by atoms with Crippen molar-refractivity contribution in [1.29, 1.82) is 0 Å². The minimum absolute atomic E-state index is 0.0380. The predicted octanol–water partition coefficient (Wildman–Crippen LogP) is -3.26. The van der Waals surface area contributed by atoms with E-state index in [-0.39, 0.29) is 22.8 Å². The van der Waals surface area contributed by atoms with Crippen molar-refractivity contribution in [3.63, 3.8) is 0 Å². The summed E-state index contributed by atoms with van der Waals surface area (Å²) >= 11 is 0. The molecule has 0 spiro atoms. The Hall–Kier alpha value is -2.95. The first kappa shape index (κ1) is 31.5. The van der Waals surface area contributed by atoms with Crippen LogP contribution in [0.1, 0.15) is 12.5 Å². The Morgan fingerprint density at radius 3 is 2.26 bits per heavy atom. The fourth-order valence-corrected chi connectivity index (χ4v) is 6.17. The van der Waals surface area contributed by atoms with Crippen molar-refractivity contribution in [3.8, 4) is 0 Å². The molecule has 10 N–H and O–H groups in total. The van der Waals surface area contributed by atoms with Crippen LogP contribution in [0.25, 0.3) is 11.2 Å². The van der Waals surface area contributed by atoms with Gasteiger partial charge in [-0.1, -0.05) is 0 Å². The second-order valence-electron chi connectivity index (χ2n) is 9.31. The van der Waals surface area contributed by atoms with E-state index in [1.54, 1.807) is 0 Å². The number of hydrogen-bond donors (Lipinski definition) is 8. The summed E-state index contributed by atoms with van der Waals surface area (Å²) in [6.45, 7) is -1.76. The summed E-state index contributed by atoms with van der Waals surface area (Å²) in [6.07, 6.45) is -9.65. The first-order valence-electron chi connectivity index (χ1n) is 12.1. The number of hydrogen-bond acceptors (Lipinski definition) is 17. The average Bonchev–Trinajstić information content (AvgIpc) is 3.57. The Labute approximate surface area is 239 Å². The van der Waals surface area contributed by atoms with E-state index >= 15 is 0 Å². The molecule has 24 heteroatoms. The summed E-state index contributed by atoms with van der Waals surface area (Å²) in [7, 11) is -10.4. The Kier molecular flexibility index (Phi) is 8.68. The predicted molar refractivity (Wildman–Crippen MR) is 137 cm³/mol. The minimum Gasteiger partial charge on any atom is -0.394 e. The van der Waals surface area contributed by atoms with Crippen LogP contribution in [0.4, 0.5) is 11.6 Å². The molecule has 43 heavy (non-hydrogen) atoms. The van der Waals surface area contributed by atoms with Crippen molar-refractivity contribution in [3.05, 3.63) is 35.4 Å². The van der Waals surface area contributed by atoms with Gasteiger partial charge in [-0.05, 0) is 6.07 Å². The largest absolute Gasteiger partial charge is 0.472 e. The van der Waals surface area contributed by atoms with Gasteiger partial charge in [-0.15, -0.1) is 0 Å². The van der Waals surface area contributed by atoms with Crippen LogP contribution in [0.2, 0.25) is 0 Å². The molecule has 5 heterocycles. The number of phosphoric acid groups is 2. The number of imidazole rings is 1. The van der Waals surface area contributed by atoms with Crippen molar-refractivity contribution in [1.82, 2.24) is 29.1 Å². The van der Waals surface area contributed by atoms with Crippen LogP contribution in [0.5, 0.6) is 0 Å². The molecular weight excluding hydrogens is 626 g/mol. The van der Waals surface area contributed by atoms with Crippen molar-refractivity contribution in [2.75, 3.05) is 24.7 Å². The van der Waals surface area contributed by atoms with E-state index in [9.17, 15) is 43.9 Å². The van der Waals surface area contributed by atoms with Gasteiger partial charge in [0.05, 0.1) is 19.5 Å². The number of rotatable bonds is 10. The second kappa shape index (κ2) is 11.9. The third-order valence-corrected chi connectivity index (χ3v) is 8.00.